The fourth-order valence-corrected chi connectivity index (χ4v) is 5.28. The van der Waals surface area contributed by atoms with Crippen LogP contribution in [0, 0.1) is 19.8 Å². The smallest absolute Gasteiger partial charge is 0.240 e. The van der Waals surface area contributed by atoms with E-state index in [2.05, 4.69) is 16.1 Å². The lowest BCUT2D eigenvalue weighted by Gasteiger charge is -2.14. The van der Waals surface area contributed by atoms with Crippen molar-refractivity contribution < 1.29 is 13.2 Å². The molecule has 2 aromatic carbocycles. The average Bonchev–Trinajstić information content (AvgIpc) is 2.73. The average molecular weight is 472 g/mol. The Balaban J connectivity index is 1.67. The Morgan fingerprint density at radius 2 is 1.72 bits per heavy atom. The number of pyridine rings is 1. The number of carbonyl (C=O) groups excluding carboxylic acids is 1. The van der Waals surface area contributed by atoms with Crippen molar-refractivity contribution in [3.8, 4) is 0 Å². The summed E-state index contributed by atoms with van der Waals surface area (Å²) in [7, 11) is -3.56. The number of fused-ring (bicyclic) bond motifs is 1. The van der Waals surface area contributed by atoms with Crippen molar-refractivity contribution in [2.75, 3.05) is 11.9 Å². The van der Waals surface area contributed by atoms with Crippen LogP contribution in [0.25, 0.3) is 10.9 Å². The second-order valence-electron chi connectivity index (χ2n) is 8.27. The molecule has 0 saturated heterocycles. The van der Waals surface area contributed by atoms with E-state index in [1.54, 1.807) is 12.1 Å². The summed E-state index contributed by atoms with van der Waals surface area (Å²) < 4.78 is 27.2. The third-order valence-electron chi connectivity index (χ3n) is 5.01. The van der Waals surface area contributed by atoms with Crippen LogP contribution in [0.15, 0.2) is 58.5 Å². The normalized spacial score (nSPS) is 12.8. The van der Waals surface area contributed by atoms with Gasteiger partial charge in [0.1, 0.15) is 0 Å². The van der Waals surface area contributed by atoms with Crippen LogP contribution in [0.2, 0.25) is 0 Å². The van der Waals surface area contributed by atoms with Crippen molar-refractivity contribution in [2.24, 2.45) is 5.92 Å². The fraction of sp³-hybridized carbons (Fsp3) is 0.333. The van der Waals surface area contributed by atoms with Gasteiger partial charge in [0.15, 0.2) is 0 Å². The summed E-state index contributed by atoms with van der Waals surface area (Å²) in [5.74, 6) is 0.0417. The summed E-state index contributed by atoms with van der Waals surface area (Å²) in [5.41, 5.74) is 3.72. The molecule has 1 aromatic heterocycles. The zero-order chi connectivity index (χ0) is 23.5. The van der Waals surface area contributed by atoms with E-state index in [4.69, 9.17) is 4.98 Å². The SMILES string of the molecule is Cc1cc(SC(C)C(=O)Nc2ccc(S(=O)(=O)NCC(C)C)cc2)nc2c(C)cccc12. The lowest BCUT2D eigenvalue weighted by Crippen LogP contribution is -2.27. The van der Waals surface area contributed by atoms with E-state index in [1.165, 1.54) is 23.9 Å². The van der Waals surface area contributed by atoms with E-state index >= 15 is 0 Å². The maximum atomic E-state index is 12.7. The summed E-state index contributed by atoms with van der Waals surface area (Å²) in [5, 5.41) is 4.39. The predicted molar refractivity (Wildman–Crippen MR) is 132 cm³/mol. The van der Waals surface area contributed by atoms with Crippen LogP contribution >= 0.6 is 11.8 Å². The molecule has 1 amide bonds. The van der Waals surface area contributed by atoms with E-state index in [1.807, 2.05) is 52.8 Å². The summed E-state index contributed by atoms with van der Waals surface area (Å²) in [6, 6.07) is 14.3. The van der Waals surface area contributed by atoms with Gasteiger partial charge < -0.3 is 5.32 Å². The molecule has 8 heteroatoms. The van der Waals surface area contributed by atoms with Crippen LogP contribution in [0.1, 0.15) is 31.9 Å². The Bertz CT molecular complexity index is 1220. The molecular formula is C24H29N3O3S2. The molecule has 0 aliphatic carbocycles. The van der Waals surface area contributed by atoms with Crippen LogP contribution in [0.3, 0.4) is 0 Å². The summed E-state index contributed by atoms with van der Waals surface area (Å²) in [6.45, 7) is 10.2. The summed E-state index contributed by atoms with van der Waals surface area (Å²) in [4.78, 5) is 17.6. The van der Waals surface area contributed by atoms with E-state index in [0.717, 1.165) is 27.1 Å². The first kappa shape index (κ1) is 24.2. The van der Waals surface area contributed by atoms with Crippen molar-refractivity contribution in [3.05, 3.63) is 59.7 Å². The number of amides is 1. The Morgan fingerprint density at radius 3 is 2.38 bits per heavy atom. The highest BCUT2D eigenvalue weighted by Crippen LogP contribution is 2.28. The molecule has 0 fully saturated rings. The summed E-state index contributed by atoms with van der Waals surface area (Å²) >= 11 is 1.40. The van der Waals surface area contributed by atoms with Gasteiger partial charge >= 0.3 is 0 Å². The molecule has 2 N–H and O–H groups in total. The first-order valence-electron chi connectivity index (χ1n) is 10.5. The number of thioether (sulfide) groups is 1. The lowest BCUT2D eigenvalue weighted by atomic mass is 10.1. The highest BCUT2D eigenvalue weighted by Gasteiger charge is 2.18. The molecule has 0 aliphatic heterocycles. The van der Waals surface area contributed by atoms with Gasteiger partial charge in [-0.05, 0) is 68.1 Å². The number of anilines is 1. The largest absolute Gasteiger partial charge is 0.325 e. The predicted octanol–water partition coefficient (Wildman–Crippen LogP) is 4.91. The van der Waals surface area contributed by atoms with Gasteiger partial charge in [-0.3, -0.25) is 4.79 Å². The van der Waals surface area contributed by atoms with Gasteiger partial charge in [-0.15, -0.1) is 0 Å². The van der Waals surface area contributed by atoms with Gasteiger partial charge in [-0.25, -0.2) is 18.1 Å². The first-order chi connectivity index (χ1) is 15.1. The molecule has 0 radical (unpaired) electrons. The van der Waals surface area contributed by atoms with E-state index in [-0.39, 0.29) is 22.0 Å². The van der Waals surface area contributed by atoms with E-state index < -0.39 is 10.0 Å². The topological polar surface area (TPSA) is 88.2 Å². The number of carbonyl (C=O) groups is 1. The van der Waals surface area contributed by atoms with Crippen molar-refractivity contribution >= 4 is 44.3 Å². The third-order valence-corrected chi connectivity index (χ3v) is 7.46. The molecule has 3 aromatic rings. The minimum atomic E-state index is -3.56. The molecule has 1 atom stereocenters. The Labute approximate surface area is 194 Å². The fourth-order valence-electron chi connectivity index (χ4n) is 3.15. The number of sulfonamides is 1. The van der Waals surface area contributed by atoms with E-state index in [9.17, 15) is 13.2 Å². The van der Waals surface area contributed by atoms with Gasteiger partial charge in [-0.1, -0.05) is 43.8 Å². The number of hydrogen-bond donors (Lipinski definition) is 2. The molecular weight excluding hydrogens is 442 g/mol. The molecule has 3 rings (SSSR count). The monoisotopic (exact) mass is 471 g/mol. The maximum absolute atomic E-state index is 12.7. The summed E-state index contributed by atoms with van der Waals surface area (Å²) in [6.07, 6.45) is 0. The molecule has 6 nitrogen and oxygen atoms in total. The zero-order valence-corrected chi connectivity index (χ0v) is 20.6. The molecule has 0 bridgehead atoms. The number of benzene rings is 2. The minimum absolute atomic E-state index is 0.171. The number of para-hydroxylation sites is 1. The number of aryl methyl sites for hydroxylation is 2. The molecule has 0 spiro atoms. The molecule has 32 heavy (non-hydrogen) atoms. The molecule has 0 saturated carbocycles. The lowest BCUT2D eigenvalue weighted by molar-refractivity contribution is -0.115. The first-order valence-corrected chi connectivity index (χ1v) is 12.9. The standard InChI is InChI=1S/C24H29N3O3S2/c1-15(2)14-25-32(29,30)20-11-9-19(10-12-20)26-24(28)18(5)31-22-13-17(4)21-8-6-7-16(3)23(21)27-22/h6-13,15,18,25H,14H2,1-5H3,(H,26,28). The van der Waals surface area contributed by atoms with Crippen LogP contribution in [-0.2, 0) is 14.8 Å². The highest BCUT2D eigenvalue weighted by atomic mass is 32.2. The van der Waals surface area contributed by atoms with Gasteiger partial charge in [0.05, 0.1) is 20.7 Å². The van der Waals surface area contributed by atoms with Gasteiger partial charge in [0, 0.05) is 17.6 Å². The van der Waals surface area contributed by atoms with Crippen molar-refractivity contribution in [1.29, 1.82) is 0 Å². The van der Waals surface area contributed by atoms with Crippen molar-refractivity contribution in [2.45, 2.75) is 49.8 Å². The second kappa shape index (κ2) is 10.0. The van der Waals surface area contributed by atoms with Gasteiger partial charge in [0.25, 0.3) is 0 Å². The molecule has 0 aliphatic rings. The Morgan fingerprint density at radius 1 is 1.03 bits per heavy atom. The number of hydrogen-bond acceptors (Lipinski definition) is 5. The zero-order valence-electron chi connectivity index (χ0n) is 19.0. The number of rotatable bonds is 8. The minimum Gasteiger partial charge on any atom is -0.325 e. The number of nitrogens with one attached hydrogen (secondary N) is 2. The number of aromatic nitrogens is 1. The molecule has 1 unspecified atom stereocenters. The van der Waals surface area contributed by atoms with Crippen molar-refractivity contribution in [1.82, 2.24) is 9.71 Å². The maximum Gasteiger partial charge on any atom is 0.240 e. The highest BCUT2D eigenvalue weighted by molar-refractivity contribution is 8.00. The van der Waals surface area contributed by atoms with Gasteiger partial charge in [-0.2, -0.15) is 0 Å². The van der Waals surface area contributed by atoms with Crippen LogP contribution < -0.4 is 10.0 Å². The molecule has 1 heterocycles. The Hall–Kier alpha value is -2.42. The number of nitrogens with zero attached hydrogens (tertiary/aromatic N) is 1. The van der Waals surface area contributed by atoms with Crippen LogP contribution in [0.5, 0.6) is 0 Å². The van der Waals surface area contributed by atoms with Crippen LogP contribution in [-0.4, -0.2) is 31.1 Å². The quantitative estimate of drug-likeness (QED) is 0.456. The third kappa shape index (κ3) is 5.88. The van der Waals surface area contributed by atoms with Crippen LogP contribution in [0.4, 0.5) is 5.69 Å². The molecule has 170 valence electrons. The Kier molecular flexibility index (Phi) is 7.59. The second-order valence-corrected chi connectivity index (χ2v) is 11.4. The van der Waals surface area contributed by atoms with E-state index in [0.29, 0.717) is 12.2 Å². The van der Waals surface area contributed by atoms with Gasteiger partial charge in [0.2, 0.25) is 15.9 Å². The van der Waals surface area contributed by atoms with Crippen molar-refractivity contribution in [3.63, 3.8) is 0 Å².